The van der Waals surface area contributed by atoms with Crippen LogP contribution in [0.15, 0.2) is 36.4 Å². The van der Waals surface area contributed by atoms with E-state index in [0.717, 1.165) is 35.2 Å². The predicted octanol–water partition coefficient (Wildman–Crippen LogP) is 3.47. The minimum absolute atomic E-state index is 0.650. The van der Waals surface area contributed by atoms with E-state index in [0.29, 0.717) is 12.1 Å². The zero-order valence-corrected chi connectivity index (χ0v) is 14.1. The Bertz CT molecular complexity index is 674. The summed E-state index contributed by atoms with van der Waals surface area (Å²) in [4.78, 5) is 4.94. The molecule has 2 fully saturated rings. The molecule has 0 N–H and O–H groups in total. The van der Waals surface area contributed by atoms with E-state index in [-0.39, 0.29) is 0 Å². The first-order valence-corrected chi connectivity index (χ1v) is 8.65. The molecule has 0 amide bonds. The molecule has 3 heterocycles. The van der Waals surface area contributed by atoms with Gasteiger partial charge in [0.2, 0.25) is 0 Å². The van der Waals surface area contributed by atoms with Crippen molar-refractivity contribution < 1.29 is 0 Å². The summed E-state index contributed by atoms with van der Waals surface area (Å²) < 4.78 is 0. The van der Waals surface area contributed by atoms with Crippen molar-refractivity contribution in [2.75, 3.05) is 25.0 Å². The molecule has 4 nitrogen and oxygen atoms in total. The molecule has 0 spiro atoms. The molecule has 1 aromatic carbocycles. The standard InChI is InChI=1S/C18H21ClN4/c1-22-15-6-3-7-16(22)12-23(11-15)18-9-8-17(20-21-18)13-4-2-5-14(19)10-13/h2,4-5,8-10,15-16H,3,6-7,11-12H2,1H3. The van der Waals surface area contributed by atoms with Gasteiger partial charge in [-0.1, -0.05) is 30.2 Å². The molecule has 2 unspecified atom stereocenters. The second-order valence-corrected chi connectivity index (χ2v) is 7.03. The lowest BCUT2D eigenvalue weighted by Gasteiger charge is -2.48. The van der Waals surface area contributed by atoms with Crippen LogP contribution in [-0.4, -0.2) is 47.3 Å². The highest BCUT2D eigenvalue weighted by Gasteiger charge is 2.35. The average Bonchev–Trinajstić information content (AvgIpc) is 2.55. The summed E-state index contributed by atoms with van der Waals surface area (Å²) in [5.74, 6) is 0.987. The van der Waals surface area contributed by atoms with Gasteiger partial charge in [-0.2, -0.15) is 0 Å². The van der Waals surface area contributed by atoms with Gasteiger partial charge in [-0.3, -0.25) is 4.90 Å². The van der Waals surface area contributed by atoms with Gasteiger partial charge in [-0.15, -0.1) is 10.2 Å². The van der Waals surface area contributed by atoms with Crippen LogP contribution in [-0.2, 0) is 0 Å². The number of aromatic nitrogens is 2. The second-order valence-electron chi connectivity index (χ2n) is 6.60. The SMILES string of the molecule is CN1C2CCCC1CN(c1ccc(-c3cccc(Cl)c3)nn1)C2. The molecule has 0 saturated carbocycles. The molecule has 2 atom stereocenters. The maximum atomic E-state index is 6.05. The van der Waals surface area contributed by atoms with Crippen molar-refractivity contribution in [3.63, 3.8) is 0 Å². The Kier molecular flexibility index (Phi) is 3.95. The van der Waals surface area contributed by atoms with Crippen molar-refractivity contribution in [1.29, 1.82) is 0 Å². The summed E-state index contributed by atoms with van der Waals surface area (Å²) >= 11 is 6.05. The molecule has 5 heteroatoms. The van der Waals surface area contributed by atoms with Crippen LogP contribution < -0.4 is 4.90 Å². The Balaban J connectivity index is 1.54. The zero-order chi connectivity index (χ0) is 15.8. The molecule has 1 aromatic heterocycles. The van der Waals surface area contributed by atoms with Crippen molar-refractivity contribution in [2.45, 2.75) is 31.3 Å². The van der Waals surface area contributed by atoms with E-state index in [1.807, 2.05) is 30.3 Å². The van der Waals surface area contributed by atoms with Gasteiger partial charge in [0.25, 0.3) is 0 Å². The molecule has 23 heavy (non-hydrogen) atoms. The monoisotopic (exact) mass is 328 g/mol. The second kappa shape index (κ2) is 6.10. The fraction of sp³-hybridized carbons (Fsp3) is 0.444. The Hall–Kier alpha value is -1.65. The molecule has 0 aliphatic carbocycles. The topological polar surface area (TPSA) is 32.3 Å². The number of fused-ring (bicyclic) bond motifs is 2. The highest BCUT2D eigenvalue weighted by atomic mass is 35.5. The Morgan fingerprint density at radius 2 is 1.83 bits per heavy atom. The first-order chi connectivity index (χ1) is 11.2. The van der Waals surface area contributed by atoms with Crippen molar-refractivity contribution in [2.24, 2.45) is 0 Å². The van der Waals surface area contributed by atoms with Crippen molar-refractivity contribution >= 4 is 17.4 Å². The van der Waals surface area contributed by atoms with E-state index < -0.39 is 0 Å². The number of rotatable bonds is 2. The summed E-state index contributed by atoms with van der Waals surface area (Å²) in [5.41, 5.74) is 1.87. The van der Waals surface area contributed by atoms with Crippen LogP contribution in [0.2, 0.25) is 5.02 Å². The van der Waals surface area contributed by atoms with E-state index in [1.54, 1.807) is 0 Å². The van der Waals surface area contributed by atoms with E-state index in [9.17, 15) is 0 Å². The third-order valence-electron chi connectivity index (χ3n) is 5.18. The number of piperazine rings is 1. The van der Waals surface area contributed by atoms with Gasteiger partial charge in [-0.05, 0) is 44.2 Å². The summed E-state index contributed by atoms with van der Waals surface area (Å²) in [5, 5.41) is 9.61. The van der Waals surface area contributed by atoms with E-state index in [4.69, 9.17) is 11.6 Å². The molecular weight excluding hydrogens is 308 g/mol. The fourth-order valence-corrected chi connectivity index (χ4v) is 3.99. The highest BCUT2D eigenvalue weighted by Crippen LogP contribution is 2.29. The average molecular weight is 329 g/mol. The number of piperidine rings is 1. The van der Waals surface area contributed by atoms with Gasteiger partial charge in [0.05, 0.1) is 5.69 Å². The van der Waals surface area contributed by atoms with Gasteiger partial charge in [0, 0.05) is 35.8 Å². The molecule has 120 valence electrons. The molecule has 2 aromatic rings. The van der Waals surface area contributed by atoms with Crippen LogP contribution in [0.25, 0.3) is 11.3 Å². The maximum absolute atomic E-state index is 6.05. The molecular formula is C18H21ClN4. The number of anilines is 1. The van der Waals surface area contributed by atoms with Crippen LogP contribution in [0.5, 0.6) is 0 Å². The maximum Gasteiger partial charge on any atom is 0.151 e. The minimum Gasteiger partial charge on any atom is -0.352 e. The van der Waals surface area contributed by atoms with E-state index >= 15 is 0 Å². The molecule has 2 aliphatic heterocycles. The number of hydrogen-bond donors (Lipinski definition) is 0. The third-order valence-corrected chi connectivity index (χ3v) is 5.42. The van der Waals surface area contributed by atoms with Crippen molar-refractivity contribution in [3.8, 4) is 11.3 Å². The molecule has 2 aliphatic rings. The van der Waals surface area contributed by atoms with Crippen molar-refractivity contribution in [3.05, 3.63) is 41.4 Å². The normalized spacial score (nSPS) is 24.7. The van der Waals surface area contributed by atoms with E-state index in [1.165, 1.54) is 19.3 Å². The van der Waals surface area contributed by atoms with Gasteiger partial charge >= 0.3 is 0 Å². The van der Waals surface area contributed by atoms with Crippen LogP contribution in [0.3, 0.4) is 0 Å². The Morgan fingerprint density at radius 3 is 2.48 bits per heavy atom. The van der Waals surface area contributed by atoms with Crippen LogP contribution >= 0.6 is 11.6 Å². The summed E-state index contributed by atoms with van der Waals surface area (Å²) in [6, 6.07) is 13.2. The first kappa shape index (κ1) is 14.9. The number of benzene rings is 1. The summed E-state index contributed by atoms with van der Waals surface area (Å²) in [6.45, 7) is 2.11. The Morgan fingerprint density at radius 1 is 1.04 bits per heavy atom. The molecule has 0 radical (unpaired) electrons. The largest absolute Gasteiger partial charge is 0.352 e. The van der Waals surface area contributed by atoms with E-state index in [2.05, 4.69) is 33.1 Å². The summed E-state index contributed by atoms with van der Waals surface area (Å²) in [6.07, 6.45) is 3.93. The minimum atomic E-state index is 0.650. The predicted molar refractivity (Wildman–Crippen MR) is 93.9 cm³/mol. The van der Waals surface area contributed by atoms with Crippen LogP contribution in [0, 0.1) is 0 Å². The zero-order valence-electron chi connectivity index (χ0n) is 13.3. The lowest BCUT2D eigenvalue weighted by atomic mass is 9.92. The number of hydrogen-bond acceptors (Lipinski definition) is 4. The third kappa shape index (κ3) is 2.93. The lowest BCUT2D eigenvalue weighted by molar-refractivity contribution is 0.0946. The van der Waals surface area contributed by atoms with Gasteiger partial charge in [0.1, 0.15) is 0 Å². The highest BCUT2D eigenvalue weighted by molar-refractivity contribution is 6.30. The van der Waals surface area contributed by atoms with Crippen molar-refractivity contribution in [1.82, 2.24) is 15.1 Å². The van der Waals surface area contributed by atoms with Gasteiger partial charge in [0.15, 0.2) is 5.82 Å². The molecule has 4 rings (SSSR count). The number of likely N-dealkylation sites (N-methyl/N-ethyl adjacent to an activating group) is 1. The smallest absolute Gasteiger partial charge is 0.151 e. The Labute approximate surface area is 142 Å². The number of halogens is 1. The number of nitrogens with zero attached hydrogens (tertiary/aromatic N) is 4. The molecule has 2 saturated heterocycles. The van der Waals surface area contributed by atoms with Crippen LogP contribution in [0.1, 0.15) is 19.3 Å². The van der Waals surface area contributed by atoms with Gasteiger partial charge < -0.3 is 4.90 Å². The van der Waals surface area contributed by atoms with Crippen LogP contribution in [0.4, 0.5) is 5.82 Å². The first-order valence-electron chi connectivity index (χ1n) is 8.27. The lowest BCUT2D eigenvalue weighted by Crippen LogP contribution is -2.59. The van der Waals surface area contributed by atoms with Gasteiger partial charge in [-0.25, -0.2) is 0 Å². The fourth-order valence-electron chi connectivity index (χ4n) is 3.80. The quantitative estimate of drug-likeness (QED) is 0.845. The summed E-state index contributed by atoms with van der Waals surface area (Å²) in [7, 11) is 2.26. The molecule has 2 bridgehead atoms.